The summed E-state index contributed by atoms with van der Waals surface area (Å²) in [6.07, 6.45) is 48.0. The zero-order valence-electron chi connectivity index (χ0n) is 93.4. The van der Waals surface area contributed by atoms with E-state index in [2.05, 4.69) is 271 Å². The molecule has 17 nitrogen and oxygen atoms in total. The summed E-state index contributed by atoms with van der Waals surface area (Å²) in [7, 11) is 0. The maximum atomic E-state index is 5.66. The maximum Gasteiger partial charge on any atom is 0.306 e. The number of ether oxygens (including phenoxy) is 2. The average molecular weight is 1890 g/mol. The van der Waals surface area contributed by atoms with Gasteiger partial charge in [-0.25, -0.2) is 4.58 Å². The van der Waals surface area contributed by atoms with Crippen LogP contribution in [0.15, 0.2) is 29.3 Å². The molecule has 3 N–H and O–H groups in total. The molecule has 12 saturated heterocycles. The number of rotatable bonds is 12. The molecule has 9 saturated carbocycles. The number of likely N-dealkylation sites (tertiary alicyclic amines) is 7. The van der Waals surface area contributed by atoms with Crippen LogP contribution in [-0.4, -0.2) is 313 Å². The zero-order chi connectivity index (χ0) is 97.2. The molecular formula is C119H220N15O2+. The Bertz CT molecular complexity index is 3480. The number of fused-ring (bicyclic) bond motifs is 9. The van der Waals surface area contributed by atoms with Gasteiger partial charge < -0.3 is 54.8 Å². The third kappa shape index (κ3) is 32.0. The third-order valence-electron chi connectivity index (χ3n) is 39.4. The standard InChI is InChI=1S/C12H23N.C12H22.C11H15N.C11H20.C10H19NO2.2C10H19N.C9H16N3.2C9H18N2.C8H16N2.C8H15N/c1-11(2)13-9-7-12(8-10-13)5-3-4-6-12;1-10(2)11-5-8-12(9-11)6-3-4-7-12;1-9(2)12-7-10-5-3-4-6-11(10)8-12;1-8(2)11-6-9-4-3-5-10(9)7-11;1-9(2)11-5-3-10(4-6-11)12-7-8-13-10;1-8(2)11-6-9-3-4-10(5-9)7-11;1-8(2)11-6-9-4-3-5-10(9)7-11;1-8(2)12-6-5-11-4-3-10-9(11)7-12;1-8(2)11-4-3-9(7-11)5-10-6-9;1-8(2)11-6-5-10-9(7-11)3-4-9;1-6(2)10-5-7-3-8(10)4-9-7;1-6(2)9-4-7-3-8(7)5-9/h11H,3-10H2,1-2H3;10-11H,3-9H2,1-2H3;3-6,9H,7-8H2,1-2H3;8-11H,3-7H2,1-2H3;9H,3-8H2,1-2H3;2*8-10H,3-7H2,1-2H3;4,8H,3,5-7H2,1-2H3;2*8,10H,3-7H2,1-2H3;6-9H,3-5H2,1-2H3;6-8H,3-5H2,1-2H3/q;;;;;;;+1;;;;. The number of hydrogen-bond donors (Lipinski definition) is 3. The molecule has 0 aromatic heterocycles. The van der Waals surface area contributed by atoms with Crippen molar-refractivity contribution in [2.45, 2.75) is 462 Å². The van der Waals surface area contributed by atoms with Gasteiger partial charge in [0.1, 0.15) is 19.3 Å². The molecule has 782 valence electrons. The highest BCUT2D eigenvalue weighted by Crippen LogP contribution is 2.55. The Morgan fingerprint density at radius 2 is 0.846 bits per heavy atom. The van der Waals surface area contributed by atoms with Crippen LogP contribution in [-0.2, 0) is 22.6 Å². The summed E-state index contributed by atoms with van der Waals surface area (Å²) >= 11 is 0. The Labute approximate surface area is 839 Å². The van der Waals surface area contributed by atoms with Crippen LogP contribution in [0.1, 0.15) is 376 Å². The highest BCUT2D eigenvalue weighted by molar-refractivity contribution is 5.85. The Morgan fingerprint density at radius 1 is 0.375 bits per heavy atom. The molecule has 5 spiro atoms. The van der Waals surface area contributed by atoms with E-state index in [0.29, 0.717) is 29.1 Å². The van der Waals surface area contributed by atoms with E-state index in [4.69, 9.17) is 9.47 Å². The molecule has 17 heteroatoms. The maximum absolute atomic E-state index is 5.66. The molecule has 0 radical (unpaired) electrons. The SMILES string of the molecule is CC(C)C1CC2CCCC2C1.CC(C)C1CCC2(CCCC2)C1.CC(C)N1CC2CC1CN2.CC(C)N1CC2CC2C1.CC(C)N1CC2CCC(C2)C1.CC(C)N1CC2CCCC2C1.CC(C)N1CCC2(CC1)OCCO2.CC(C)N1CCC2(CCCC2)CC1.CC(C)N1CCC2(CNC2)C1.CC(C)N1CCNC2(CC2)C1.CC(C)N1CC[N+]2=CCN=C2C1.CC(C)N1Cc2ccccc2C1. The molecule has 136 heavy (non-hydrogen) atoms. The van der Waals surface area contributed by atoms with E-state index in [0.717, 1.165) is 208 Å². The van der Waals surface area contributed by atoms with E-state index < -0.39 is 0 Å². The minimum atomic E-state index is -0.203. The van der Waals surface area contributed by atoms with E-state index in [1.54, 1.807) is 51.4 Å². The lowest BCUT2D eigenvalue weighted by atomic mass is 9.77. The lowest BCUT2D eigenvalue weighted by Crippen LogP contribution is -2.55. The van der Waals surface area contributed by atoms with Crippen LogP contribution in [0.4, 0.5) is 0 Å². The highest BCUT2D eigenvalue weighted by Gasteiger charge is 2.50. The van der Waals surface area contributed by atoms with Crippen molar-refractivity contribution in [3.05, 3.63) is 35.4 Å². The van der Waals surface area contributed by atoms with Gasteiger partial charge in [-0.15, -0.1) is 0 Å². The van der Waals surface area contributed by atoms with Gasteiger partial charge in [0.25, 0.3) is 0 Å². The summed E-state index contributed by atoms with van der Waals surface area (Å²) < 4.78 is 13.6. The van der Waals surface area contributed by atoms with Crippen LogP contribution >= 0.6 is 0 Å². The molecule has 21 fully saturated rings. The lowest BCUT2D eigenvalue weighted by molar-refractivity contribution is -0.413. The normalized spacial score (nSPS) is 32.3. The van der Waals surface area contributed by atoms with Crippen molar-refractivity contribution in [1.29, 1.82) is 0 Å². The predicted molar refractivity (Wildman–Crippen MR) is 579 cm³/mol. The molecule has 14 aliphatic heterocycles. The number of nitrogens with zero attached hydrogens (tertiary/aromatic N) is 12. The van der Waals surface area contributed by atoms with Crippen LogP contribution < -0.4 is 16.0 Å². The molecule has 11 atom stereocenters. The fraction of sp³-hybridized carbons (Fsp3) is 0.933. The monoisotopic (exact) mass is 1890 g/mol. The summed E-state index contributed by atoms with van der Waals surface area (Å²) in [5.74, 6) is 13.8. The van der Waals surface area contributed by atoms with Crippen LogP contribution in [0.3, 0.4) is 0 Å². The topological polar surface area (TPSA) is 102 Å². The van der Waals surface area contributed by atoms with Gasteiger partial charge in [0.2, 0.25) is 0 Å². The minimum absolute atomic E-state index is 0.203. The lowest BCUT2D eigenvalue weighted by Gasteiger charge is -2.41. The number of piperidine rings is 4. The van der Waals surface area contributed by atoms with Gasteiger partial charge in [-0.1, -0.05) is 108 Å². The fourth-order valence-corrected chi connectivity index (χ4v) is 28.9. The van der Waals surface area contributed by atoms with E-state index in [1.807, 2.05) is 0 Å². The molecule has 0 amide bonds. The molecule has 4 bridgehead atoms. The van der Waals surface area contributed by atoms with Crippen molar-refractivity contribution in [2.75, 3.05) is 164 Å². The van der Waals surface area contributed by atoms with Gasteiger partial charge in [-0.3, -0.25) is 19.6 Å². The summed E-state index contributed by atoms with van der Waals surface area (Å²) in [6.45, 7) is 88.1. The highest BCUT2D eigenvalue weighted by atomic mass is 16.7. The van der Waals surface area contributed by atoms with Gasteiger partial charge in [0, 0.05) is 221 Å². The second-order valence-electron chi connectivity index (χ2n) is 52.8. The van der Waals surface area contributed by atoms with Crippen molar-refractivity contribution >= 4 is 12.1 Å². The Kier molecular flexibility index (Phi) is 42.5. The molecule has 1 aromatic rings. The fourth-order valence-electron chi connectivity index (χ4n) is 28.9. The first-order valence-corrected chi connectivity index (χ1v) is 59.1. The summed E-state index contributed by atoms with van der Waals surface area (Å²) in [5.41, 5.74) is 5.89. The minimum Gasteiger partial charge on any atom is -0.347 e. The van der Waals surface area contributed by atoms with Crippen LogP contribution in [0.25, 0.3) is 0 Å². The Hall–Kier alpha value is -2.04. The smallest absolute Gasteiger partial charge is 0.306 e. The van der Waals surface area contributed by atoms with Crippen LogP contribution in [0, 0.1) is 87.3 Å². The van der Waals surface area contributed by atoms with Gasteiger partial charge in [0.15, 0.2) is 12.3 Å². The number of amidine groups is 1. The van der Waals surface area contributed by atoms with Crippen molar-refractivity contribution in [2.24, 2.45) is 92.3 Å². The first-order chi connectivity index (χ1) is 65.0. The quantitative estimate of drug-likeness (QED) is 0.173. The van der Waals surface area contributed by atoms with E-state index >= 15 is 0 Å². The largest absolute Gasteiger partial charge is 0.347 e. The van der Waals surface area contributed by atoms with Crippen molar-refractivity contribution in [1.82, 2.24) is 64.9 Å². The van der Waals surface area contributed by atoms with Crippen LogP contribution in [0.5, 0.6) is 0 Å². The van der Waals surface area contributed by atoms with Crippen molar-refractivity contribution < 1.29 is 14.0 Å². The van der Waals surface area contributed by atoms with Crippen molar-refractivity contribution in [3.63, 3.8) is 0 Å². The summed E-state index contributed by atoms with van der Waals surface area (Å²) in [5, 5.41) is 10.5. The van der Waals surface area contributed by atoms with E-state index in [1.165, 1.54) is 270 Å². The average Bonchev–Trinajstić information content (AvgIpc) is 1.50. The van der Waals surface area contributed by atoms with Gasteiger partial charge in [-0.05, 0) is 386 Å². The summed E-state index contributed by atoms with van der Waals surface area (Å²) in [4.78, 5) is 30.2. The van der Waals surface area contributed by atoms with Gasteiger partial charge in [-0.2, -0.15) is 0 Å². The number of hydrogen-bond acceptors (Lipinski definition) is 16. The molecule has 9 aliphatic carbocycles. The van der Waals surface area contributed by atoms with E-state index in [-0.39, 0.29) is 5.79 Å². The number of piperazine rings is 3. The van der Waals surface area contributed by atoms with Gasteiger partial charge in [0.05, 0.1) is 13.2 Å². The molecule has 11 unspecified atom stereocenters. The summed E-state index contributed by atoms with van der Waals surface area (Å²) in [6, 6.07) is 17.7. The molecule has 24 rings (SSSR count). The molecule has 14 heterocycles. The number of benzene rings is 1. The van der Waals surface area contributed by atoms with Gasteiger partial charge >= 0.3 is 5.84 Å². The molecule has 1 aromatic carbocycles. The molecular weight excluding hydrogens is 1670 g/mol. The second kappa shape index (κ2) is 52.0. The Balaban J connectivity index is 0.000000126. The molecule has 23 aliphatic rings. The number of aliphatic imine (C=N–C) groups is 1. The first kappa shape index (κ1) is 111. The number of nitrogens with one attached hydrogen (secondary N) is 3. The zero-order valence-corrected chi connectivity index (χ0v) is 93.4. The first-order valence-electron chi connectivity index (χ1n) is 59.1. The van der Waals surface area contributed by atoms with Crippen LogP contribution in [0.2, 0.25) is 0 Å². The van der Waals surface area contributed by atoms with Crippen molar-refractivity contribution in [3.8, 4) is 0 Å². The predicted octanol–water partition coefficient (Wildman–Crippen LogP) is 21.9. The van der Waals surface area contributed by atoms with E-state index in [9.17, 15) is 0 Å². The Morgan fingerprint density at radius 3 is 1.27 bits per heavy atom. The third-order valence-corrected chi connectivity index (χ3v) is 39.4. The second-order valence-corrected chi connectivity index (χ2v) is 52.8.